The lowest BCUT2D eigenvalue weighted by atomic mass is 10.0. The van der Waals surface area contributed by atoms with Gasteiger partial charge in [0.15, 0.2) is 23.2 Å². The second-order valence-corrected chi connectivity index (χ2v) is 10.9. The monoisotopic (exact) mass is 572 g/mol. The molecule has 0 radical (unpaired) electrons. The van der Waals surface area contributed by atoms with Gasteiger partial charge in [-0.2, -0.15) is 9.49 Å². The van der Waals surface area contributed by atoms with Gasteiger partial charge in [-0.1, -0.05) is 6.07 Å². The smallest absolute Gasteiger partial charge is 0.229 e. The Morgan fingerprint density at radius 1 is 1.07 bits per heavy atom. The van der Waals surface area contributed by atoms with Crippen molar-refractivity contribution < 1.29 is 35.5 Å². The number of benzene rings is 3. The Labute approximate surface area is 225 Å². The number of nitrogen functional groups attached to an aromatic ring is 1. The number of ketones is 1. The molecule has 0 spiro atoms. The number of nitrogens with two attached hydrogens (primary N) is 1. The van der Waals surface area contributed by atoms with Crippen molar-refractivity contribution in [3.63, 3.8) is 0 Å². The van der Waals surface area contributed by atoms with E-state index in [1.165, 1.54) is 43.5 Å². The largest absolute Gasteiger partial charge is 0.454 e. The number of carbonyl (C=O) groups is 1. The number of ether oxygens (including phenoxy) is 1. The third-order valence-corrected chi connectivity index (χ3v) is 6.75. The van der Waals surface area contributed by atoms with Crippen LogP contribution >= 0.6 is 0 Å². The Bertz CT molecular complexity index is 1830. The molecule has 0 unspecified atom stereocenters. The molecule has 0 bridgehead atoms. The van der Waals surface area contributed by atoms with Gasteiger partial charge in [-0.15, -0.1) is 0 Å². The van der Waals surface area contributed by atoms with Crippen LogP contribution < -0.4 is 15.2 Å². The number of aryl methyl sites for hydroxylation is 1. The molecule has 40 heavy (non-hydrogen) atoms. The maximum Gasteiger partial charge on any atom is 0.229 e. The molecule has 0 aliphatic heterocycles. The molecule has 4 aromatic rings. The van der Waals surface area contributed by atoms with E-state index in [1.54, 1.807) is 0 Å². The van der Waals surface area contributed by atoms with E-state index in [2.05, 4.69) is 9.82 Å². The first-order chi connectivity index (χ1) is 18.8. The minimum atomic E-state index is -3.72. The molecule has 1 aromatic heterocycles. The number of fused-ring (bicyclic) bond motifs is 1. The summed E-state index contributed by atoms with van der Waals surface area (Å²) in [7, 11) is -3.72. The quantitative estimate of drug-likeness (QED) is 0.229. The number of allylic oxidation sites excluding steroid dienone is 1. The van der Waals surface area contributed by atoms with E-state index in [0.29, 0.717) is 11.1 Å². The number of halogens is 4. The number of nitrogens with zero attached hydrogens (tertiary/aromatic N) is 2. The Balaban J connectivity index is 1.42. The summed E-state index contributed by atoms with van der Waals surface area (Å²) in [6, 6.07) is 8.11. The van der Waals surface area contributed by atoms with E-state index < -0.39 is 44.8 Å². The Morgan fingerprint density at radius 2 is 1.82 bits per heavy atom. The molecule has 0 amide bonds. The standard InChI is InChI=1S/C27H20F4N4O4S/c1-13-6-17(39-23-5-3-4-19(28)24(23)31)11-21(30)25(13)35-27(32)18(12-33-35)26(36)16-7-14-9-20(29)22(10-15(14)8-16)34-40(2,37)38/h3-6,8-12,34H,7,32H2,1-2H3. The molecule has 8 nitrogen and oxygen atoms in total. The number of carbonyl (C=O) groups excluding carboxylic acids is 1. The van der Waals surface area contributed by atoms with Crippen LogP contribution in [0.1, 0.15) is 27.0 Å². The Hall–Kier alpha value is -4.65. The number of rotatable bonds is 7. The molecule has 0 atom stereocenters. The summed E-state index contributed by atoms with van der Waals surface area (Å²) in [4.78, 5) is 13.3. The van der Waals surface area contributed by atoms with Crippen LogP contribution in [0.4, 0.5) is 29.1 Å². The van der Waals surface area contributed by atoms with Crippen molar-refractivity contribution in [3.05, 3.63) is 99.8 Å². The Kier molecular flexibility index (Phi) is 6.62. The van der Waals surface area contributed by atoms with E-state index in [1.807, 2.05) is 0 Å². The van der Waals surface area contributed by atoms with Crippen LogP contribution in [0.2, 0.25) is 0 Å². The number of anilines is 2. The third-order valence-electron chi connectivity index (χ3n) is 6.16. The van der Waals surface area contributed by atoms with Crippen LogP contribution in [0.15, 0.2) is 54.2 Å². The predicted molar refractivity (Wildman–Crippen MR) is 140 cm³/mol. The third kappa shape index (κ3) is 5.02. The second-order valence-electron chi connectivity index (χ2n) is 9.16. The van der Waals surface area contributed by atoms with Gasteiger partial charge in [-0.25, -0.2) is 26.3 Å². The van der Waals surface area contributed by atoms with Crippen LogP contribution in [0.3, 0.4) is 0 Å². The molecule has 0 saturated heterocycles. The molecule has 0 fully saturated rings. The zero-order valence-corrected chi connectivity index (χ0v) is 21.7. The number of Topliss-reactive ketones (excluding diaryl/α,β-unsaturated/α-hetero) is 1. The Morgan fingerprint density at radius 3 is 2.52 bits per heavy atom. The fourth-order valence-corrected chi connectivity index (χ4v) is 4.95. The highest BCUT2D eigenvalue weighted by Gasteiger charge is 2.26. The van der Waals surface area contributed by atoms with Crippen molar-refractivity contribution in [2.75, 3.05) is 16.7 Å². The predicted octanol–water partition coefficient (Wildman–Crippen LogP) is 5.31. The van der Waals surface area contributed by atoms with Crippen LogP contribution in [0.5, 0.6) is 11.5 Å². The lowest BCUT2D eigenvalue weighted by Crippen LogP contribution is -2.11. The molecule has 5 rings (SSSR count). The van der Waals surface area contributed by atoms with Gasteiger partial charge in [0.05, 0.1) is 23.7 Å². The molecule has 1 aliphatic rings. The molecule has 1 heterocycles. The first-order valence-electron chi connectivity index (χ1n) is 11.6. The minimum Gasteiger partial charge on any atom is -0.454 e. The van der Waals surface area contributed by atoms with E-state index in [4.69, 9.17) is 10.5 Å². The average molecular weight is 573 g/mol. The van der Waals surface area contributed by atoms with Crippen molar-refractivity contribution in [1.29, 1.82) is 0 Å². The van der Waals surface area contributed by atoms with Gasteiger partial charge in [-0.3, -0.25) is 9.52 Å². The normalized spacial score (nSPS) is 12.7. The van der Waals surface area contributed by atoms with Gasteiger partial charge < -0.3 is 10.5 Å². The lowest BCUT2D eigenvalue weighted by molar-refractivity contribution is 0.103. The van der Waals surface area contributed by atoms with Crippen molar-refractivity contribution in [3.8, 4) is 17.2 Å². The number of hydrogen-bond donors (Lipinski definition) is 2. The summed E-state index contributed by atoms with van der Waals surface area (Å²) in [6.07, 6.45) is 3.61. The molecule has 1 aliphatic carbocycles. The summed E-state index contributed by atoms with van der Waals surface area (Å²) in [5.41, 5.74) is 7.25. The summed E-state index contributed by atoms with van der Waals surface area (Å²) in [5, 5.41) is 4.07. The topological polar surface area (TPSA) is 116 Å². The number of sulfonamides is 1. The summed E-state index contributed by atoms with van der Waals surface area (Å²) in [6.45, 7) is 1.52. The van der Waals surface area contributed by atoms with Crippen molar-refractivity contribution in [2.45, 2.75) is 13.3 Å². The number of aromatic nitrogens is 2. The fraction of sp³-hybridized carbons (Fsp3) is 0.111. The van der Waals surface area contributed by atoms with Crippen LogP contribution in [-0.4, -0.2) is 30.2 Å². The van der Waals surface area contributed by atoms with Crippen LogP contribution in [0, 0.1) is 30.2 Å². The van der Waals surface area contributed by atoms with Crippen LogP contribution in [-0.2, 0) is 16.4 Å². The SMILES string of the molecule is Cc1cc(Oc2cccc(F)c2F)cc(F)c1-n1ncc(C(=O)C2=Cc3cc(NS(C)(=O)=O)c(F)cc3C2)c1N. The lowest BCUT2D eigenvalue weighted by Gasteiger charge is -2.13. The van der Waals surface area contributed by atoms with E-state index in [9.17, 15) is 26.4 Å². The first-order valence-corrected chi connectivity index (χ1v) is 13.5. The summed E-state index contributed by atoms with van der Waals surface area (Å²) >= 11 is 0. The van der Waals surface area contributed by atoms with Gasteiger partial charge >= 0.3 is 0 Å². The summed E-state index contributed by atoms with van der Waals surface area (Å²) < 4.78 is 88.5. The zero-order valence-electron chi connectivity index (χ0n) is 20.9. The molecule has 0 saturated carbocycles. The highest BCUT2D eigenvalue weighted by atomic mass is 32.2. The molecular weight excluding hydrogens is 552 g/mol. The number of nitrogens with one attached hydrogen (secondary N) is 1. The number of hydrogen-bond acceptors (Lipinski definition) is 6. The highest BCUT2D eigenvalue weighted by molar-refractivity contribution is 7.92. The molecule has 13 heteroatoms. The minimum absolute atomic E-state index is 0.0324. The van der Waals surface area contributed by atoms with Crippen molar-refractivity contribution >= 4 is 33.4 Å². The van der Waals surface area contributed by atoms with Gasteiger partial charge in [0, 0.05) is 18.1 Å². The van der Waals surface area contributed by atoms with Crippen molar-refractivity contribution in [2.24, 2.45) is 0 Å². The molecule has 3 N–H and O–H groups in total. The second kappa shape index (κ2) is 9.83. The van der Waals surface area contributed by atoms with Crippen molar-refractivity contribution in [1.82, 2.24) is 9.78 Å². The average Bonchev–Trinajstić information content (AvgIpc) is 3.44. The van der Waals surface area contributed by atoms with E-state index >= 15 is 4.39 Å². The molecule has 3 aromatic carbocycles. The van der Waals surface area contributed by atoms with Crippen LogP contribution in [0.25, 0.3) is 11.8 Å². The van der Waals surface area contributed by atoms with E-state index in [-0.39, 0.29) is 46.1 Å². The zero-order chi connectivity index (χ0) is 28.9. The fourth-order valence-electron chi connectivity index (χ4n) is 4.39. The van der Waals surface area contributed by atoms with E-state index in [0.717, 1.165) is 29.1 Å². The van der Waals surface area contributed by atoms with Gasteiger partial charge in [0.2, 0.25) is 15.8 Å². The summed E-state index contributed by atoms with van der Waals surface area (Å²) in [5.74, 6) is -5.22. The maximum absolute atomic E-state index is 15.2. The maximum atomic E-state index is 15.2. The van der Waals surface area contributed by atoms with Gasteiger partial charge in [0.1, 0.15) is 23.1 Å². The molecular formula is C27H20F4N4O4S. The van der Waals surface area contributed by atoms with Gasteiger partial charge in [-0.05, 0) is 60.0 Å². The highest BCUT2D eigenvalue weighted by Crippen LogP contribution is 2.34. The van der Waals surface area contributed by atoms with Gasteiger partial charge in [0.25, 0.3) is 0 Å². The first kappa shape index (κ1) is 26.9. The molecule has 206 valence electrons.